The number of hydrogen-bond donors (Lipinski definition) is 1. The molecular formula is C17H12F7NO3. The van der Waals surface area contributed by atoms with Gasteiger partial charge in [-0.1, -0.05) is 0 Å². The van der Waals surface area contributed by atoms with Gasteiger partial charge in [0.2, 0.25) is 0 Å². The molecule has 4 nitrogen and oxygen atoms in total. The van der Waals surface area contributed by atoms with Crippen LogP contribution in [0.3, 0.4) is 0 Å². The number of aliphatic hydroxyl groups is 1. The van der Waals surface area contributed by atoms with Crippen LogP contribution in [0.5, 0.6) is 11.6 Å². The minimum absolute atomic E-state index is 0.245. The molecule has 0 unspecified atom stereocenters. The minimum Gasteiger partial charge on any atom is -0.436 e. The number of aliphatic hydroxyl groups excluding tert-OH is 1. The first kappa shape index (κ1) is 21.6. The molecule has 0 spiro atoms. The molecule has 0 aliphatic heterocycles. The summed E-state index contributed by atoms with van der Waals surface area (Å²) in [7, 11) is 0. The first-order chi connectivity index (χ1) is 12.8. The number of carbonyl (C=O) groups is 1. The second-order valence-electron chi connectivity index (χ2n) is 5.76. The molecule has 0 fully saturated rings. The smallest absolute Gasteiger partial charge is 0.375 e. The van der Waals surface area contributed by atoms with Gasteiger partial charge in [-0.3, -0.25) is 4.79 Å². The van der Waals surface area contributed by atoms with Gasteiger partial charge < -0.3 is 9.84 Å². The van der Waals surface area contributed by atoms with Crippen LogP contribution in [0.2, 0.25) is 0 Å². The Morgan fingerprint density at radius 2 is 1.68 bits per heavy atom. The van der Waals surface area contributed by atoms with Crippen LogP contribution in [0.4, 0.5) is 30.7 Å². The lowest BCUT2D eigenvalue weighted by Gasteiger charge is -2.31. The maximum Gasteiger partial charge on any atom is 0.375 e. The molecule has 0 amide bonds. The van der Waals surface area contributed by atoms with E-state index >= 15 is 0 Å². The summed E-state index contributed by atoms with van der Waals surface area (Å²) in [6.45, 7) is -1.20. The third-order valence-electron chi connectivity index (χ3n) is 3.65. The molecule has 0 aliphatic rings. The van der Waals surface area contributed by atoms with E-state index in [0.717, 1.165) is 18.3 Å². The van der Waals surface area contributed by atoms with Gasteiger partial charge in [0.25, 0.3) is 5.88 Å². The van der Waals surface area contributed by atoms with Crippen LogP contribution in [-0.4, -0.2) is 34.3 Å². The van der Waals surface area contributed by atoms with E-state index < -0.39 is 47.4 Å². The Morgan fingerprint density at radius 3 is 2.14 bits per heavy atom. The summed E-state index contributed by atoms with van der Waals surface area (Å²) in [6, 6.07) is 3.04. The molecule has 11 heteroatoms. The zero-order valence-electron chi connectivity index (χ0n) is 14.0. The van der Waals surface area contributed by atoms with Crippen molar-refractivity contribution in [2.75, 3.05) is 6.61 Å². The van der Waals surface area contributed by atoms with Crippen LogP contribution >= 0.6 is 0 Å². The van der Waals surface area contributed by atoms with Gasteiger partial charge in [-0.25, -0.2) is 9.37 Å². The van der Waals surface area contributed by atoms with Gasteiger partial charge in [-0.05, 0) is 30.3 Å². The number of rotatable bonds is 7. The Labute approximate surface area is 153 Å². The van der Waals surface area contributed by atoms with Crippen LogP contribution < -0.4 is 4.74 Å². The van der Waals surface area contributed by atoms with E-state index in [1.54, 1.807) is 0 Å². The van der Waals surface area contributed by atoms with Crippen LogP contribution in [-0.2, 0) is 5.92 Å². The van der Waals surface area contributed by atoms with Crippen molar-refractivity contribution in [3.63, 3.8) is 0 Å². The number of carbonyl (C=O) groups excluding carboxylic acids is 1. The van der Waals surface area contributed by atoms with E-state index in [4.69, 9.17) is 9.84 Å². The Bertz CT molecular complexity index is 864. The molecule has 1 aromatic carbocycles. The highest BCUT2D eigenvalue weighted by Gasteiger charge is 2.69. The normalized spacial score (nSPS) is 12.8. The maximum atomic E-state index is 13.9. The molecule has 0 aliphatic carbocycles. The van der Waals surface area contributed by atoms with Crippen molar-refractivity contribution < 1.29 is 45.4 Å². The van der Waals surface area contributed by atoms with E-state index in [1.807, 2.05) is 0 Å². The van der Waals surface area contributed by atoms with Gasteiger partial charge in [-0.15, -0.1) is 0 Å². The Hall–Kier alpha value is -2.69. The van der Waals surface area contributed by atoms with Crippen molar-refractivity contribution in [3.05, 3.63) is 53.5 Å². The van der Waals surface area contributed by atoms with Gasteiger partial charge in [0.05, 0.1) is 0 Å². The summed E-state index contributed by atoms with van der Waals surface area (Å²) in [6.07, 6.45) is 0.892. The Balaban J connectivity index is 2.25. The number of ether oxygens (including phenoxy) is 1. The highest BCUT2D eigenvalue weighted by molar-refractivity contribution is 5.96. The quantitative estimate of drug-likeness (QED) is 0.536. The third-order valence-corrected chi connectivity index (χ3v) is 3.65. The average molecular weight is 411 g/mol. The van der Waals surface area contributed by atoms with E-state index in [9.17, 15) is 35.5 Å². The van der Waals surface area contributed by atoms with Crippen LogP contribution in [0.1, 0.15) is 22.8 Å². The predicted molar refractivity (Wildman–Crippen MR) is 81.6 cm³/mol. The summed E-state index contributed by atoms with van der Waals surface area (Å²) in [5.74, 6) is -18.7. The molecule has 2 aromatic rings. The molecule has 2 rings (SSSR count). The predicted octanol–water partition coefficient (Wildman–Crippen LogP) is 4.57. The first-order valence-electron chi connectivity index (χ1n) is 7.52. The molecule has 0 atom stereocenters. The molecular weight excluding hydrogens is 399 g/mol. The van der Waals surface area contributed by atoms with Crippen molar-refractivity contribution in [3.8, 4) is 11.6 Å². The largest absolute Gasteiger partial charge is 0.436 e. The van der Waals surface area contributed by atoms with Crippen molar-refractivity contribution in [1.82, 2.24) is 4.98 Å². The molecule has 1 heterocycles. The number of pyridine rings is 1. The van der Waals surface area contributed by atoms with Gasteiger partial charge in [0.1, 0.15) is 12.4 Å². The van der Waals surface area contributed by atoms with Crippen LogP contribution in [0.25, 0.3) is 0 Å². The molecule has 152 valence electrons. The zero-order valence-corrected chi connectivity index (χ0v) is 14.0. The summed E-state index contributed by atoms with van der Waals surface area (Å²) in [5, 5.41) is 8.69. The maximum absolute atomic E-state index is 13.9. The molecule has 1 aromatic heterocycles. The fourth-order valence-corrected chi connectivity index (χ4v) is 2.05. The monoisotopic (exact) mass is 411 g/mol. The topological polar surface area (TPSA) is 59.4 Å². The van der Waals surface area contributed by atoms with Crippen molar-refractivity contribution in [2.45, 2.75) is 24.7 Å². The SMILES string of the molecule is CC(F)(F)C(F)(F)C(F)(F)c1ccc(Oc2ncc(C(=O)CO)cc2F)cc1. The van der Waals surface area contributed by atoms with Crippen molar-refractivity contribution >= 4 is 5.78 Å². The Kier molecular flexibility index (Phi) is 5.69. The number of hydrogen-bond acceptors (Lipinski definition) is 4. The lowest BCUT2D eigenvalue weighted by molar-refractivity contribution is -0.308. The number of aromatic nitrogens is 1. The highest BCUT2D eigenvalue weighted by atomic mass is 19.3. The van der Waals surface area contributed by atoms with E-state index in [-0.39, 0.29) is 18.2 Å². The standard InChI is InChI=1S/C17H12F7NO3/c1-15(19,20)17(23,24)16(21,22)10-2-4-11(5-3-10)28-14-12(18)6-9(7-25-14)13(27)8-26/h2-7,26H,8H2,1H3. The summed E-state index contributed by atoms with van der Waals surface area (Å²) in [5.41, 5.74) is -1.64. The van der Waals surface area contributed by atoms with E-state index in [2.05, 4.69) is 4.98 Å². The fraction of sp³-hybridized carbons (Fsp3) is 0.294. The molecule has 0 bridgehead atoms. The molecule has 0 saturated heterocycles. The lowest BCUT2D eigenvalue weighted by atomic mass is 9.98. The third kappa shape index (κ3) is 3.93. The van der Waals surface area contributed by atoms with E-state index in [0.29, 0.717) is 18.2 Å². The van der Waals surface area contributed by atoms with Crippen molar-refractivity contribution in [1.29, 1.82) is 0 Å². The summed E-state index contributed by atoms with van der Waals surface area (Å²) >= 11 is 0. The van der Waals surface area contributed by atoms with Crippen LogP contribution in [0, 0.1) is 5.82 Å². The highest BCUT2D eigenvalue weighted by Crippen LogP contribution is 2.51. The lowest BCUT2D eigenvalue weighted by Crippen LogP contribution is -2.50. The number of alkyl halides is 6. The summed E-state index contributed by atoms with van der Waals surface area (Å²) < 4.78 is 99.0. The number of ketones is 1. The van der Waals surface area contributed by atoms with Crippen LogP contribution in [0.15, 0.2) is 36.5 Å². The minimum atomic E-state index is -5.65. The number of benzene rings is 1. The fourth-order valence-electron chi connectivity index (χ4n) is 2.05. The zero-order chi connectivity index (χ0) is 21.3. The summed E-state index contributed by atoms with van der Waals surface area (Å²) in [4.78, 5) is 14.7. The van der Waals surface area contributed by atoms with Gasteiger partial charge in [0, 0.05) is 24.2 Å². The van der Waals surface area contributed by atoms with E-state index in [1.165, 1.54) is 0 Å². The second-order valence-corrected chi connectivity index (χ2v) is 5.76. The molecule has 0 saturated carbocycles. The van der Waals surface area contributed by atoms with Gasteiger partial charge >= 0.3 is 17.8 Å². The van der Waals surface area contributed by atoms with Gasteiger partial charge in [-0.2, -0.15) is 26.3 Å². The van der Waals surface area contributed by atoms with Gasteiger partial charge in [0.15, 0.2) is 11.6 Å². The number of Topliss-reactive ketones (excluding diaryl/α,β-unsaturated/α-hetero) is 1. The Morgan fingerprint density at radius 1 is 1.11 bits per heavy atom. The molecule has 1 N–H and O–H groups in total. The number of halogens is 7. The van der Waals surface area contributed by atoms with Crippen molar-refractivity contribution in [2.24, 2.45) is 0 Å². The molecule has 28 heavy (non-hydrogen) atoms. The first-order valence-corrected chi connectivity index (χ1v) is 7.52. The second kappa shape index (κ2) is 7.38. The molecule has 0 radical (unpaired) electrons. The average Bonchev–Trinajstić information content (AvgIpc) is 2.62. The number of nitrogens with zero attached hydrogens (tertiary/aromatic N) is 1.